The maximum absolute atomic E-state index is 13.1. The van der Waals surface area contributed by atoms with Crippen molar-refractivity contribution in [1.82, 2.24) is 10.2 Å². The first-order valence-corrected chi connectivity index (χ1v) is 7.83. The van der Waals surface area contributed by atoms with Gasteiger partial charge in [-0.15, -0.1) is 10.2 Å². The van der Waals surface area contributed by atoms with Crippen molar-refractivity contribution in [3.8, 4) is 0 Å². The van der Waals surface area contributed by atoms with Crippen molar-refractivity contribution in [3.05, 3.63) is 76.6 Å². The summed E-state index contributed by atoms with van der Waals surface area (Å²) in [5, 5.41) is 13.5. The Balaban J connectivity index is 1.67. The molecule has 120 valence electrons. The zero-order valence-electron chi connectivity index (χ0n) is 12.3. The third kappa shape index (κ3) is 4.14. The Kier molecular flexibility index (Phi) is 4.81. The molecule has 0 atom stereocenters. The van der Waals surface area contributed by atoms with Gasteiger partial charge in [0.1, 0.15) is 5.82 Å². The minimum Gasteiger partial charge on any atom is -0.339 e. The molecule has 2 N–H and O–H groups in total. The molecule has 3 aromatic rings. The smallest absolute Gasteiger partial charge is 0.276 e. The van der Waals surface area contributed by atoms with E-state index >= 15 is 0 Å². The van der Waals surface area contributed by atoms with E-state index in [0.29, 0.717) is 17.2 Å². The van der Waals surface area contributed by atoms with Gasteiger partial charge in [-0.3, -0.25) is 4.79 Å². The molecular weight excluding hydrogens is 375 g/mol. The van der Waals surface area contributed by atoms with Crippen molar-refractivity contribution in [2.24, 2.45) is 0 Å². The van der Waals surface area contributed by atoms with E-state index in [2.05, 4.69) is 36.8 Å². The van der Waals surface area contributed by atoms with Crippen molar-refractivity contribution in [2.45, 2.75) is 0 Å². The summed E-state index contributed by atoms with van der Waals surface area (Å²) in [4.78, 5) is 12.1. The lowest BCUT2D eigenvalue weighted by Crippen LogP contribution is -2.14. The molecule has 0 aliphatic carbocycles. The third-order valence-electron chi connectivity index (χ3n) is 3.10. The average Bonchev–Trinajstić information content (AvgIpc) is 2.57. The number of benzene rings is 2. The molecule has 0 saturated carbocycles. The van der Waals surface area contributed by atoms with Crippen molar-refractivity contribution in [1.29, 1.82) is 0 Å². The lowest BCUT2D eigenvalue weighted by molar-refractivity contribution is 0.102. The molecule has 0 spiro atoms. The van der Waals surface area contributed by atoms with Gasteiger partial charge in [0.15, 0.2) is 11.5 Å². The molecule has 0 aliphatic rings. The third-order valence-corrected chi connectivity index (χ3v) is 3.62. The van der Waals surface area contributed by atoms with Crippen molar-refractivity contribution < 1.29 is 9.18 Å². The largest absolute Gasteiger partial charge is 0.339 e. The number of hydrogen-bond acceptors (Lipinski definition) is 4. The molecule has 0 saturated heterocycles. The first-order valence-electron chi connectivity index (χ1n) is 7.03. The van der Waals surface area contributed by atoms with E-state index in [1.807, 2.05) is 12.1 Å². The SMILES string of the molecule is O=C(Nc1ccc(Br)cc1)c1ccc(Nc2cccc(F)c2)nn1. The van der Waals surface area contributed by atoms with Crippen molar-refractivity contribution >= 4 is 39.0 Å². The van der Waals surface area contributed by atoms with E-state index in [-0.39, 0.29) is 17.4 Å². The Morgan fingerprint density at radius 3 is 2.42 bits per heavy atom. The standard InChI is InChI=1S/C17H12BrFN4O/c18-11-4-6-13(7-5-11)21-17(24)15-8-9-16(23-22-15)20-14-3-1-2-12(19)10-14/h1-10H,(H,20,23)(H,21,24). The molecule has 3 rings (SSSR count). The van der Waals surface area contributed by atoms with Crippen LogP contribution in [-0.2, 0) is 0 Å². The number of aromatic nitrogens is 2. The van der Waals surface area contributed by atoms with Crippen LogP contribution < -0.4 is 10.6 Å². The second-order valence-electron chi connectivity index (χ2n) is 4.90. The van der Waals surface area contributed by atoms with Crippen molar-refractivity contribution in [2.75, 3.05) is 10.6 Å². The van der Waals surface area contributed by atoms with Gasteiger partial charge in [0.05, 0.1) is 0 Å². The minimum absolute atomic E-state index is 0.183. The van der Waals surface area contributed by atoms with Gasteiger partial charge in [-0.25, -0.2) is 4.39 Å². The highest BCUT2D eigenvalue weighted by Crippen LogP contribution is 2.16. The van der Waals surface area contributed by atoms with Crippen LogP contribution in [0.5, 0.6) is 0 Å². The first-order chi connectivity index (χ1) is 11.6. The summed E-state index contributed by atoms with van der Waals surface area (Å²) in [6.07, 6.45) is 0. The van der Waals surface area contributed by atoms with Gasteiger partial charge >= 0.3 is 0 Å². The summed E-state index contributed by atoms with van der Waals surface area (Å²) in [7, 11) is 0. The molecule has 0 bridgehead atoms. The Bertz CT molecular complexity index is 853. The molecule has 24 heavy (non-hydrogen) atoms. The Morgan fingerprint density at radius 2 is 1.75 bits per heavy atom. The molecule has 2 aromatic carbocycles. The van der Waals surface area contributed by atoms with E-state index in [0.717, 1.165) is 4.47 Å². The van der Waals surface area contributed by atoms with Gasteiger partial charge in [-0.2, -0.15) is 0 Å². The van der Waals surface area contributed by atoms with Gasteiger partial charge in [0, 0.05) is 15.8 Å². The summed E-state index contributed by atoms with van der Waals surface area (Å²) in [5.74, 6) is -0.290. The summed E-state index contributed by atoms with van der Waals surface area (Å²) in [6, 6.07) is 16.3. The average molecular weight is 387 g/mol. The quantitative estimate of drug-likeness (QED) is 0.698. The summed E-state index contributed by atoms with van der Waals surface area (Å²) >= 11 is 3.33. The Morgan fingerprint density at radius 1 is 0.958 bits per heavy atom. The number of halogens is 2. The van der Waals surface area contributed by atoms with Gasteiger partial charge in [0.2, 0.25) is 0 Å². The predicted octanol–water partition coefficient (Wildman–Crippen LogP) is 4.37. The number of nitrogens with zero attached hydrogens (tertiary/aromatic N) is 2. The van der Waals surface area contributed by atoms with Gasteiger partial charge < -0.3 is 10.6 Å². The molecule has 1 heterocycles. The van der Waals surface area contributed by atoms with Crippen LogP contribution in [0.15, 0.2) is 65.1 Å². The molecule has 1 amide bonds. The molecule has 0 fully saturated rings. The molecule has 7 heteroatoms. The van der Waals surface area contributed by atoms with Gasteiger partial charge in [-0.1, -0.05) is 22.0 Å². The molecular formula is C17H12BrFN4O. The Labute approximate surface area is 146 Å². The summed E-state index contributed by atoms with van der Waals surface area (Å²) in [5.41, 5.74) is 1.39. The molecule has 1 aromatic heterocycles. The summed E-state index contributed by atoms with van der Waals surface area (Å²) in [6.45, 7) is 0. The van der Waals surface area contributed by atoms with Crippen LogP contribution >= 0.6 is 15.9 Å². The van der Waals surface area contributed by atoms with Crippen LogP contribution in [0.25, 0.3) is 0 Å². The highest BCUT2D eigenvalue weighted by Gasteiger charge is 2.09. The predicted molar refractivity (Wildman–Crippen MR) is 93.8 cm³/mol. The fourth-order valence-electron chi connectivity index (χ4n) is 1.96. The topological polar surface area (TPSA) is 66.9 Å². The highest BCUT2D eigenvalue weighted by atomic mass is 79.9. The maximum atomic E-state index is 13.1. The zero-order chi connectivity index (χ0) is 16.9. The number of carbonyl (C=O) groups excluding carboxylic acids is 1. The number of rotatable bonds is 4. The van der Waals surface area contributed by atoms with Crippen LogP contribution in [0.2, 0.25) is 0 Å². The lowest BCUT2D eigenvalue weighted by atomic mass is 10.3. The number of anilines is 3. The Hall–Kier alpha value is -2.80. The maximum Gasteiger partial charge on any atom is 0.276 e. The number of hydrogen-bond donors (Lipinski definition) is 2. The fraction of sp³-hybridized carbons (Fsp3) is 0. The van der Waals surface area contributed by atoms with E-state index in [9.17, 15) is 9.18 Å². The second-order valence-corrected chi connectivity index (χ2v) is 5.82. The molecule has 5 nitrogen and oxygen atoms in total. The second kappa shape index (κ2) is 7.18. The van der Waals surface area contributed by atoms with Crippen LogP contribution in [0.3, 0.4) is 0 Å². The zero-order valence-corrected chi connectivity index (χ0v) is 13.9. The van der Waals surface area contributed by atoms with Crippen LogP contribution in [0.4, 0.5) is 21.6 Å². The van der Waals surface area contributed by atoms with Crippen LogP contribution in [-0.4, -0.2) is 16.1 Å². The number of amides is 1. The minimum atomic E-state index is -0.359. The van der Waals surface area contributed by atoms with E-state index in [1.165, 1.54) is 12.1 Å². The summed E-state index contributed by atoms with van der Waals surface area (Å²) < 4.78 is 14.1. The van der Waals surface area contributed by atoms with E-state index < -0.39 is 0 Å². The molecule has 0 aliphatic heterocycles. The van der Waals surface area contributed by atoms with Crippen LogP contribution in [0.1, 0.15) is 10.5 Å². The lowest BCUT2D eigenvalue weighted by Gasteiger charge is -2.07. The van der Waals surface area contributed by atoms with E-state index in [4.69, 9.17) is 0 Å². The van der Waals surface area contributed by atoms with Crippen molar-refractivity contribution in [3.63, 3.8) is 0 Å². The van der Waals surface area contributed by atoms with E-state index in [1.54, 1.807) is 36.4 Å². The highest BCUT2D eigenvalue weighted by molar-refractivity contribution is 9.10. The first kappa shape index (κ1) is 16.1. The van der Waals surface area contributed by atoms with Gasteiger partial charge in [0.25, 0.3) is 5.91 Å². The number of nitrogens with one attached hydrogen (secondary N) is 2. The monoisotopic (exact) mass is 386 g/mol. The number of carbonyl (C=O) groups is 1. The van der Waals surface area contributed by atoms with Crippen LogP contribution in [0, 0.1) is 5.82 Å². The fourth-order valence-corrected chi connectivity index (χ4v) is 2.23. The van der Waals surface area contributed by atoms with Gasteiger partial charge in [-0.05, 0) is 54.6 Å². The molecule has 0 radical (unpaired) electrons. The molecule has 0 unspecified atom stereocenters. The normalized spacial score (nSPS) is 10.2.